The number of aromatic nitrogens is 1. The van der Waals surface area contributed by atoms with Crippen LogP contribution < -0.4 is 10.1 Å². The number of H-pyrrole nitrogens is 1. The van der Waals surface area contributed by atoms with Gasteiger partial charge in [-0.05, 0) is 54.6 Å². The molecule has 0 bridgehead atoms. The molecular formula is C21H15FN2O2. The van der Waals surface area contributed by atoms with Crippen molar-refractivity contribution < 1.29 is 13.9 Å². The molecular weight excluding hydrogens is 331 g/mol. The van der Waals surface area contributed by atoms with Gasteiger partial charge in [-0.3, -0.25) is 4.79 Å². The fraction of sp³-hybridized carbons (Fsp3) is 0. The van der Waals surface area contributed by atoms with Crippen LogP contribution in [-0.2, 0) is 0 Å². The minimum atomic E-state index is -0.381. The van der Waals surface area contributed by atoms with Gasteiger partial charge in [-0.2, -0.15) is 0 Å². The zero-order valence-electron chi connectivity index (χ0n) is 13.7. The van der Waals surface area contributed by atoms with Crippen LogP contribution in [-0.4, -0.2) is 10.9 Å². The van der Waals surface area contributed by atoms with Gasteiger partial charge in [-0.25, -0.2) is 4.39 Å². The van der Waals surface area contributed by atoms with Crippen LogP contribution in [0, 0.1) is 5.82 Å². The highest BCUT2D eigenvalue weighted by atomic mass is 19.1. The number of benzene rings is 3. The van der Waals surface area contributed by atoms with Gasteiger partial charge in [0, 0.05) is 22.8 Å². The molecule has 0 radical (unpaired) electrons. The number of carbonyl (C=O) groups is 1. The molecule has 1 amide bonds. The van der Waals surface area contributed by atoms with E-state index in [2.05, 4.69) is 10.3 Å². The molecule has 4 rings (SSSR count). The van der Waals surface area contributed by atoms with Crippen LogP contribution in [0.2, 0.25) is 0 Å². The molecule has 4 aromatic rings. The van der Waals surface area contributed by atoms with Crippen molar-refractivity contribution in [3.05, 3.63) is 90.4 Å². The number of anilines is 1. The summed E-state index contributed by atoms with van der Waals surface area (Å²) in [5, 5.41) is 3.36. The molecule has 0 unspecified atom stereocenters. The molecule has 1 heterocycles. The van der Waals surface area contributed by atoms with Gasteiger partial charge in [-0.1, -0.05) is 18.2 Å². The monoisotopic (exact) mass is 346 g/mol. The van der Waals surface area contributed by atoms with Crippen molar-refractivity contribution in [2.24, 2.45) is 0 Å². The highest BCUT2D eigenvalue weighted by Gasteiger charge is 2.13. The summed E-state index contributed by atoms with van der Waals surface area (Å²) in [6, 6.07) is 20.8. The number of aromatic amines is 1. The molecule has 5 heteroatoms. The zero-order chi connectivity index (χ0) is 17.9. The second-order valence-corrected chi connectivity index (χ2v) is 5.79. The van der Waals surface area contributed by atoms with Crippen molar-refractivity contribution in [3.8, 4) is 11.5 Å². The van der Waals surface area contributed by atoms with Gasteiger partial charge in [0.1, 0.15) is 17.3 Å². The lowest BCUT2D eigenvalue weighted by Crippen LogP contribution is -2.11. The quantitative estimate of drug-likeness (QED) is 0.523. The number of hydrogen-bond donors (Lipinski definition) is 2. The summed E-state index contributed by atoms with van der Waals surface area (Å²) in [7, 11) is 0. The van der Waals surface area contributed by atoms with Crippen molar-refractivity contribution in [1.29, 1.82) is 0 Å². The molecule has 1 aromatic heterocycles. The van der Waals surface area contributed by atoms with E-state index in [1.54, 1.807) is 36.5 Å². The first-order valence-corrected chi connectivity index (χ1v) is 8.10. The van der Waals surface area contributed by atoms with Crippen molar-refractivity contribution in [1.82, 2.24) is 4.98 Å². The van der Waals surface area contributed by atoms with Gasteiger partial charge in [0.05, 0.1) is 5.56 Å². The number of carbonyl (C=O) groups excluding carboxylic acids is 1. The van der Waals surface area contributed by atoms with E-state index < -0.39 is 0 Å². The third-order valence-electron chi connectivity index (χ3n) is 3.98. The van der Waals surface area contributed by atoms with Crippen LogP contribution in [0.3, 0.4) is 0 Å². The van der Waals surface area contributed by atoms with Crippen LogP contribution in [0.15, 0.2) is 79.0 Å². The number of para-hydroxylation sites is 1. The lowest BCUT2D eigenvalue weighted by atomic mass is 10.1. The summed E-state index contributed by atoms with van der Waals surface area (Å²) >= 11 is 0. The van der Waals surface area contributed by atoms with Gasteiger partial charge in [0.25, 0.3) is 5.91 Å². The summed E-state index contributed by atoms with van der Waals surface area (Å²) < 4.78 is 19.2. The fourth-order valence-corrected chi connectivity index (χ4v) is 2.71. The van der Waals surface area contributed by atoms with Crippen LogP contribution in [0.4, 0.5) is 10.1 Å². The molecule has 0 saturated heterocycles. The molecule has 0 aliphatic rings. The Morgan fingerprint density at radius 3 is 2.42 bits per heavy atom. The maximum Gasteiger partial charge on any atom is 0.257 e. The number of hydrogen-bond acceptors (Lipinski definition) is 2. The molecule has 0 aliphatic carbocycles. The number of fused-ring (bicyclic) bond motifs is 1. The first-order valence-electron chi connectivity index (χ1n) is 8.10. The average Bonchev–Trinajstić information content (AvgIpc) is 3.07. The second-order valence-electron chi connectivity index (χ2n) is 5.79. The molecule has 4 nitrogen and oxygen atoms in total. The summed E-state index contributed by atoms with van der Waals surface area (Å²) in [6.07, 6.45) is 1.58. The van der Waals surface area contributed by atoms with Gasteiger partial charge < -0.3 is 15.0 Å². The Morgan fingerprint density at radius 2 is 1.65 bits per heavy atom. The van der Waals surface area contributed by atoms with Gasteiger partial charge >= 0.3 is 0 Å². The predicted molar refractivity (Wildman–Crippen MR) is 99.2 cm³/mol. The van der Waals surface area contributed by atoms with E-state index in [0.29, 0.717) is 27.9 Å². The zero-order valence-corrected chi connectivity index (χ0v) is 13.7. The van der Waals surface area contributed by atoms with E-state index in [4.69, 9.17) is 4.74 Å². The topological polar surface area (TPSA) is 54.1 Å². The van der Waals surface area contributed by atoms with Crippen LogP contribution in [0.5, 0.6) is 11.5 Å². The minimum absolute atomic E-state index is 0.307. The molecule has 3 aromatic carbocycles. The fourth-order valence-electron chi connectivity index (χ4n) is 2.71. The Morgan fingerprint density at radius 1 is 0.923 bits per heavy atom. The van der Waals surface area contributed by atoms with Crippen LogP contribution >= 0.6 is 0 Å². The maximum atomic E-state index is 13.4. The lowest BCUT2D eigenvalue weighted by molar-refractivity contribution is 0.102. The lowest BCUT2D eigenvalue weighted by Gasteiger charge is -2.08. The van der Waals surface area contributed by atoms with Gasteiger partial charge in [-0.15, -0.1) is 0 Å². The van der Waals surface area contributed by atoms with Gasteiger partial charge in [0.2, 0.25) is 0 Å². The summed E-state index contributed by atoms with van der Waals surface area (Å²) in [5.74, 6) is 0.723. The van der Waals surface area contributed by atoms with Crippen LogP contribution in [0.25, 0.3) is 10.9 Å². The number of ether oxygens (including phenoxy) is 1. The van der Waals surface area contributed by atoms with Crippen molar-refractivity contribution in [2.45, 2.75) is 0 Å². The molecule has 26 heavy (non-hydrogen) atoms. The maximum absolute atomic E-state index is 13.4. The summed E-state index contributed by atoms with van der Waals surface area (Å²) in [5.41, 5.74) is 1.73. The Bertz CT molecular complexity index is 1060. The molecule has 128 valence electrons. The highest BCUT2D eigenvalue weighted by molar-refractivity contribution is 6.12. The third-order valence-corrected chi connectivity index (χ3v) is 3.98. The molecule has 2 N–H and O–H groups in total. The van der Waals surface area contributed by atoms with E-state index in [0.717, 1.165) is 5.75 Å². The molecule has 0 atom stereocenters. The van der Waals surface area contributed by atoms with Crippen molar-refractivity contribution in [2.75, 3.05) is 5.32 Å². The van der Waals surface area contributed by atoms with E-state index in [-0.39, 0.29) is 11.7 Å². The van der Waals surface area contributed by atoms with Crippen molar-refractivity contribution in [3.63, 3.8) is 0 Å². The summed E-state index contributed by atoms with van der Waals surface area (Å²) in [4.78, 5) is 15.5. The number of nitrogens with one attached hydrogen (secondary N) is 2. The van der Waals surface area contributed by atoms with E-state index >= 15 is 0 Å². The smallest absolute Gasteiger partial charge is 0.257 e. The number of halogens is 1. The molecule has 0 spiro atoms. The Labute approximate surface area is 149 Å². The molecule has 0 aliphatic heterocycles. The molecule has 0 saturated carbocycles. The average molecular weight is 346 g/mol. The van der Waals surface area contributed by atoms with Crippen LogP contribution in [0.1, 0.15) is 10.4 Å². The Kier molecular flexibility index (Phi) is 4.11. The van der Waals surface area contributed by atoms with Crippen molar-refractivity contribution >= 4 is 22.5 Å². The third kappa shape index (κ3) is 3.28. The Balaban J connectivity index is 1.50. The largest absolute Gasteiger partial charge is 0.457 e. The number of rotatable bonds is 4. The standard InChI is InChI=1S/C21H15FN2O2/c22-14-6-11-20-18(12-14)19(13-23-20)21(25)24-15-7-9-17(10-8-15)26-16-4-2-1-3-5-16/h1-13,23H,(H,24,25). The SMILES string of the molecule is O=C(Nc1ccc(Oc2ccccc2)cc1)c1c[nH]c2ccc(F)cc12. The molecule has 0 fully saturated rings. The first kappa shape index (κ1) is 15.9. The summed E-state index contributed by atoms with van der Waals surface area (Å²) in [6.45, 7) is 0. The van der Waals surface area contributed by atoms with E-state index in [1.165, 1.54) is 12.1 Å². The minimum Gasteiger partial charge on any atom is -0.457 e. The normalized spacial score (nSPS) is 10.7. The highest BCUT2D eigenvalue weighted by Crippen LogP contribution is 2.24. The van der Waals surface area contributed by atoms with Gasteiger partial charge in [0.15, 0.2) is 0 Å². The predicted octanol–water partition coefficient (Wildman–Crippen LogP) is 5.35. The van der Waals surface area contributed by atoms with E-state index in [9.17, 15) is 9.18 Å². The van der Waals surface area contributed by atoms with E-state index in [1.807, 2.05) is 30.3 Å². The first-order chi connectivity index (χ1) is 12.7. The second kappa shape index (κ2) is 6.72. The number of amides is 1. The Hall–Kier alpha value is -3.60.